The van der Waals surface area contributed by atoms with Crippen LogP contribution < -0.4 is 0 Å². The van der Waals surface area contributed by atoms with Gasteiger partial charge < -0.3 is 5.11 Å². The Bertz CT molecular complexity index is 729. The van der Waals surface area contributed by atoms with E-state index in [0.29, 0.717) is 18.1 Å². The molecule has 0 aliphatic heterocycles. The van der Waals surface area contributed by atoms with Crippen molar-refractivity contribution in [1.82, 2.24) is 0 Å². The molecule has 0 spiro atoms. The largest absolute Gasteiger partial charge is 0.478 e. The number of carboxylic acids is 1. The van der Waals surface area contributed by atoms with E-state index in [9.17, 15) is 19.2 Å². The van der Waals surface area contributed by atoms with Crippen molar-refractivity contribution in [3.63, 3.8) is 0 Å². The highest BCUT2D eigenvalue weighted by Crippen LogP contribution is 2.16. The molecule has 0 amide bonds. The first-order chi connectivity index (χ1) is 10.1. The maximum atomic E-state index is 12.4. The molecule has 21 heavy (non-hydrogen) atoms. The fourth-order valence-corrected chi connectivity index (χ4v) is 1.86. The molecule has 5 nitrogen and oxygen atoms in total. The van der Waals surface area contributed by atoms with Crippen LogP contribution in [0.2, 0.25) is 0 Å². The Morgan fingerprint density at radius 2 is 1.48 bits per heavy atom. The van der Waals surface area contributed by atoms with Crippen LogP contribution in [0.4, 0.5) is 0 Å². The fourth-order valence-electron chi connectivity index (χ4n) is 1.86. The third kappa shape index (κ3) is 2.92. The topological polar surface area (TPSA) is 88.5 Å². The van der Waals surface area contributed by atoms with Crippen LogP contribution in [0.3, 0.4) is 0 Å². The highest BCUT2D eigenvalue weighted by atomic mass is 16.4. The molecule has 0 atom stereocenters. The lowest BCUT2D eigenvalue weighted by molar-refractivity contribution is 0.0696. The quantitative estimate of drug-likeness (QED) is 0.671. The highest BCUT2D eigenvalue weighted by molar-refractivity contribution is 6.13. The van der Waals surface area contributed by atoms with Gasteiger partial charge in [-0.15, -0.1) is 0 Å². The van der Waals surface area contributed by atoms with Crippen LogP contribution in [0, 0.1) is 0 Å². The highest BCUT2D eigenvalue weighted by Gasteiger charge is 2.16. The molecule has 0 heterocycles. The van der Waals surface area contributed by atoms with Gasteiger partial charge in [0, 0.05) is 22.3 Å². The lowest BCUT2D eigenvalue weighted by Gasteiger charge is -2.06. The maximum Gasteiger partial charge on any atom is 0.335 e. The third-order valence-corrected chi connectivity index (χ3v) is 2.98. The first kappa shape index (κ1) is 14.3. The molecule has 2 aromatic carbocycles. The fraction of sp³-hybridized carbons (Fsp3) is 0. The summed E-state index contributed by atoms with van der Waals surface area (Å²) in [6, 6.07) is 9.58. The van der Waals surface area contributed by atoms with Gasteiger partial charge in [0.2, 0.25) is 0 Å². The Morgan fingerprint density at radius 1 is 0.857 bits per heavy atom. The van der Waals surface area contributed by atoms with E-state index >= 15 is 0 Å². The number of rotatable bonds is 5. The maximum absolute atomic E-state index is 12.4. The van der Waals surface area contributed by atoms with Crippen LogP contribution in [0.5, 0.6) is 0 Å². The van der Waals surface area contributed by atoms with Gasteiger partial charge in [0.05, 0.1) is 5.56 Å². The predicted molar refractivity (Wildman–Crippen MR) is 74.1 cm³/mol. The van der Waals surface area contributed by atoms with Crippen molar-refractivity contribution in [3.8, 4) is 0 Å². The summed E-state index contributed by atoms with van der Waals surface area (Å²) < 4.78 is 0. The first-order valence-electron chi connectivity index (χ1n) is 5.99. The molecule has 1 N–H and O–H groups in total. The minimum absolute atomic E-state index is 0.0174. The monoisotopic (exact) mass is 282 g/mol. The van der Waals surface area contributed by atoms with Crippen LogP contribution in [0.25, 0.3) is 0 Å². The molecular formula is C16H10O5. The average Bonchev–Trinajstić information content (AvgIpc) is 2.53. The zero-order chi connectivity index (χ0) is 15.4. The van der Waals surface area contributed by atoms with Crippen LogP contribution in [0.1, 0.15) is 47.0 Å². The number of carbonyl (C=O) groups excluding carboxylic acids is 3. The van der Waals surface area contributed by atoms with E-state index in [-0.39, 0.29) is 22.3 Å². The Balaban J connectivity index is 2.49. The van der Waals surface area contributed by atoms with Crippen molar-refractivity contribution in [2.75, 3.05) is 0 Å². The lowest BCUT2D eigenvalue weighted by atomic mass is 9.96. The van der Waals surface area contributed by atoms with E-state index in [2.05, 4.69) is 0 Å². The van der Waals surface area contributed by atoms with Crippen molar-refractivity contribution < 1.29 is 24.3 Å². The molecule has 2 rings (SSSR count). The molecule has 2 aromatic rings. The molecule has 0 saturated heterocycles. The standard InChI is InChI=1S/C16H10O5/c17-8-10-1-3-11(4-2-10)15(19)14-7-12(16(20)21)5-6-13(14)9-18/h1-9H,(H,20,21). The minimum Gasteiger partial charge on any atom is -0.478 e. The van der Waals surface area contributed by atoms with Gasteiger partial charge >= 0.3 is 5.97 Å². The van der Waals surface area contributed by atoms with Gasteiger partial charge in [-0.05, 0) is 12.1 Å². The van der Waals surface area contributed by atoms with E-state index in [1.54, 1.807) is 0 Å². The molecule has 104 valence electrons. The van der Waals surface area contributed by atoms with Crippen molar-refractivity contribution in [1.29, 1.82) is 0 Å². The van der Waals surface area contributed by atoms with Gasteiger partial charge in [-0.1, -0.05) is 30.3 Å². The van der Waals surface area contributed by atoms with Crippen LogP contribution in [-0.4, -0.2) is 29.4 Å². The Hall–Kier alpha value is -3.08. The molecule has 0 aliphatic carbocycles. The summed E-state index contributed by atoms with van der Waals surface area (Å²) in [6.07, 6.45) is 1.15. The van der Waals surface area contributed by atoms with Crippen molar-refractivity contribution in [2.24, 2.45) is 0 Å². The summed E-state index contributed by atoms with van der Waals surface area (Å²) in [5.41, 5.74) is 0.745. The number of benzene rings is 2. The number of hydrogen-bond acceptors (Lipinski definition) is 4. The van der Waals surface area contributed by atoms with Crippen molar-refractivity contribution in [3.05, 3.63) is 70.3 Å². The number of aromatic carboxylic acids is 1. The van der Waals surface area contributed by atoms with Gasteiger partial charge in [-0.25, -0.2) is 4.79 Å². The molecule has 0 radical (unpaired) electrons. The number of carboxylic acid groups (broad SMARTS) is 1. The summed E-state index contributed by atoms with van der Waals surface area (Å²) in [7, 11) is 0. The van der Waals surface area contributed by atoms with E-state index in [1.807, 2.05) is 0 Å². The molecule has 0 saturated carbocycles. The summed E-state index contributed by atoms with van der Waals surface area (Å²) in [5, 5.41) is 8.96. The minimum atomic E-state index is -1.18. The number of hydrogen-bond donors (Lipinski definition) is 1. The average molecular weight is 282 g/mol. The zero-order valence-corrected chi connectivity index (χ0v) is 10.8. The van der Waals surface area contributed by atoms with Gasteiger partial charge in [0.25, 0.3) is 0 Å². The first-order valence-corrected chi connectivity index (χ1v) is 5.99. The van der Waals surface area contributed by atoms with E-state index < -0.39 is 11.8 Å². The number of carbonyl (C=O) groups is 4. The second kappa shape index (κ2) is 5.92. The Kier molecular flexibility index (Phi) is 4.04. The molecular weight excluding hydrogens is 272 g/mol. The molecule has 0 bridgehead atoms. The van der Waals surface area contributed by atoms with Crippen molar-refractivity contribution >= 4 is 24.3 Å². The third-order valence-electron chi connectivity index (χ3n) is 2.98. The van der Waals surface area contributed by atoms with E-state index in [1.165, 1.54) is 42.5 Å². The lowest BCUT2D eigenvalue weighted by Crippen LogP contribution is -2.08. The van der Waals surface area contributed by atoms with Gasteiger partial charge in [-0.3, -0.25) is 14.4 Å². The summed E-state index contributed by atoms with van der Waals surface area (Å²) in [5.74, 6) is -1.66. The van der Waals surface area contributed by atoms with Gasteiger partial charge in [0.15, 0.2) is 12.1 Å². The molecule has 0 aliphatic rings. The molecule has 5 heteroatoms. The van der Waals surface area contributed by atoms with Crippen LogP contribution in [0.15, 0.2) is 42.5 Å². The second-order valence-corrected chi connectivity index (χ2v) is 4.29. The SMILES string of the molecule is O=Cc1ccc(C(=O)c2cc(C(=O)O)ccc2C=O)cc1. The van der Waals surface area contributed by atoms with Gasteiger partial charge in [-0.2, -0.15) is 0 Å². The molecule has 0 unspecified atom stereocenters. The van der Waals surface area contributed by atoms with Crippen molar-refractivity contribution in [2.45, 2.75) is 0 Å². The summed E-state index contributed by atoms with van der Waals surface area (Å²) in [6.45, 7) is 0. The second-order valence-electron chi connectivity index (χ2n) is 4.29. The van der Waals surface area contributed by atoms with Crippen LogP contribution in [-0.2, 0) is 0 Å². The summed E-state index contributed by atoms with van der Waals surface area (Å²) in [4.78, 5) is 44.9. The van der Waals surface area contributed by atoms with E-state index in [4.69, 9.17) is 5.11 Å². The zero-order valence-electron chi connectivity index (χ0n) is 10.8. The van der Waals surface area contributed by atoms with E-state index in [0.717, 1.165) is 0 Å². The normalized spacial score (nSPS) is 9.90. The molecule has 0 fully saturated rings. The van der Waals surface area contributed by atoms with Crippen LogP contribution >= 0.6 is 0 Å². The number of aldehydes is 2. The summed E-state index contributed by atoms with van der Waals surface area (Å²) >= 11 is 0. The van der Waals surface area contributed by atoms with Gasteiger partial charge in [0.1, 0.15) is 6.29 Å². The Labute approximate surface area is 119 Å². The Morgan fingerprint density at radius 3 is 2.00 bits per heavy atom. The predicted octanol–water partition coefficient (Wildman–Crippen LogP) is 2.24. The smallest absolute Gasteiger partial charge is 0.335 e. The number of ketones is 1. The molecule has 0 aromatic heterocycles.